The number of rotatable bonds is 13. The van der Waals surface area contributed by atoms with Crippen LogP contribution in [-0.4, -0.2) is 104 Å². The molecule has 2 N–H and O–H groups in total. The van der Waals surface area contributed by atoms with Gasteiger partial charge in [0.1, 0.15) is 18.8 Å². The van der Waals surface area contributed by atoms with Gasteiger partial charge in [0, 0.05) is 45.6 Å². The number of alkyl halides is 3. The molecule has 0 atom stereocenters. The molecule has 0 bridgehead atoms. The van der Waals surface area contributed by atoms with E-state index in [1.165, 1.54) is 17.6 Å². The molecule has 43 heavy (non-hydrogen) atoms. The zero-order valence-corrected chi connectivity index (χ0v) is 26.5. The molecule has 3 amide bonds. The maximum Gasteiger partial charge on any atom is 0.410 e. The molecular weight excluding hydrogens is 595 g/mol. The second-order valence-corrected chi connectivity index (χ2v) is 9.61. The maximum atomic E-state index is 13.2. The van der Waals surface area contributed by atoms with E-state index < -0.39 is 24.0 Å². The van der Waals surface area contributed by atoms with Crippen molar-refractivity contribution in [3.05, 3.63) is 41.7 Å². The van der Waals surface area contributed by atoms with Crippen molar-refractivity contribution >= 4 is 30.0 Å². The molecule has 0 saturated carbocycles. The van der Waals surface area contributed by atoms with E-state index in [0.29, 0.717) is 50.1 Å². The second-order valence-electron chi connectivity index (χ2n) is 9.18. The minimum atomic E-state index is -4.29. The van der Waals surface area contributed by atoms with Gasteiger partial charge >= 0.3 is 12.3 Å². The van der Waals surface area contributed by atoms with Crippen molar-refractivity contribution in [1.82, 2.24) is 25.4 Å². The van der Waals surface area contributed by atoms with Gasteiger partial charge in [-0.15, -0.1) is 0 Å². The zero-order valence-electron chi connectivity index (χ0n) is 25.8. The van der Waals surface area contributed by atoms with Gasteiger partial charge in [-0.2, -0.15) is 13.2 Å². The van der Waals surface area contributed by atoms with Crippen LogP contribution >= 0.6 is 11.6 Å². The van der Waals surface area contributed by atoms with Gasteiger partial charge in [0.25, 0.3) is 0 Å². The summed E-state index contributed by atoms with van der Waals surface area (Å²) in [6, 6.07) is 3.44. The van der Waals surface area contributed by atoms with Crippen LogP contribution in [0.3, 0.4) is 0 Å². The summed E-state index contributed by atoms with van der Waals surface area (Å²) in [6.45, 7) is 16.8. The molecule has 246 valence electrons. The summed E-state index contributed by atoms with van der Waals surface area (Å²) in [4.78, 5) is 42.6. The Morgan fingerprint density at radius 2 is 1.65 bits per heavy atom. The first kappa shape index (κ1) is 40.1. The normalized spacial score (nSPS) is 13.9. The fraction of sp³-hybridized carbons (Fsp3) is 0.643. The Kier molecular flexibility index (Phi) is 18.7. The first-order chi connectivity index (χ1) is 20.3. The van der Waals surface area contributed by atoms with Crippen LogP contribution in [0.1, 0.15) is 47.2 Å². The Bertz CT molecular complexity index is 969. The molecule has 1 saturated heterocycles. The van der Waals surface area contributed by atoms with Crippen LogP contribution in [0.4, 0.5) is 18.0 Å². The summed E-state index contributed by atoms with van der Waals surface area (Å²) in [7, 11) is 0. The van der Waals surface area contributed by atoms with Crippen LogP contribution in [0, 0.1) is 0 Å². The fourth-order valence-corrected chi connectivity index (χ4v) is 3.94. The lowest BCUT2D eigenvalue weighted by Crippen LogP contribution is -2.62. The lowest BCUT2D eigenvalue weighted by Gasteiger charge is -2.43. The van der Waals surface area contributed by atoms with Gasteiger partial charge in [-0.1, -0.05) is 38.1 Å². The largest absolute Gasteiger partial charge is 0.445 e. The molecule has 1 aliphatic rings. The molecule has 0 spiro atoms. The fourth-order valence-electron chi connectivity index (χ4n) is 3.83. The van der Waals surface area contributed by atoms with Crippen molar-refractivity contribution in [1.29, 1.82) is 0 Å². The Labute approximate surface area is 257 Å². The number of ether oxygens (including phenoxy) is 3. The van der Waals surface area contributed by atoms with Crippen molar-refractivity contribution in [2.45, 2.75) is 59.0 Å². The van der Waals surface area contributed by atoms with E-state index in [9.17, 15) is 27.6 Å². The molecule has 2 rings (SSSR count). The lowest BCUT2D eigenvalue weighted by molar-refractivity contribution is -0.241. The molecule has 15 heteroatoms. The standard InChI is InChI=1S/C23H35ClN4O5.C3H4F3NO.C2H6/c1-6-15-31-21(30)27-11-13-28(14-12-27)22(4,5)20(29)26-17-23(32-7-2,33-8-3)19-10-9-18(24)16-25-19;4-3(5,6)1-7-2-8;1-2/h6,9-10,16H,1,7-8,11-15,17H2,2-5H3,(H,26,29);2H,1H2,(H,7,8);1-2H3. The predicted octanol–water partition coefficient (Wildman–Crippen LogP) is 4.12. The summed E-state index contributed by atoms with van der Waals surface area (Å²) in [5, 5.41) is 4.97. The third-order valence-electron chi connectivity index (χ3n) is 5.95. The number of halogens is 4. The van der Waals surface area contributed by atoms with Crippen LogP contribution in [0.2, 0.25) is 5.02 Å². The smallest absolute Gasteiger partial charge is 0.410 e. The summed E-state index contributed by atoms with van der Waals surface area (Å²) >= 11 is 5.99. The second kappa shape index (κ2) is 20.1. The third-order valence-corrected chi connectivity index (χ3v) is 6.17. The Hall–Kier alpha value is -2.94. The van der Waals surface area contributed by atoms with E-state index in [0.717, 1.165) is 0 Å². The van der Waals surface area contributed by atoms with Gasteiger partial charge in [-0.25, -0.2) is 4.79 Å². The van der Waals surface area contributed by atoms with Crippen molar-refractivity contribution in [2.75, 3.05) is 59.1 Å². The van der Waals surface area contributed by atoms with Crippen molar-refractivity contribution in [3.63, 3.8) is 0 Å². The van der Waals surface area contributed by atoms with E-state index in [1.807, 2.05) is 46.4 Å². The van der Waals surface area contributed by atoms with Gasteiger partial charge in [-0.3, -0.25) is 19.5 Å². The molecule has 0 radical (unpaired) electrons. The SMILES string of the molecule is C=CCOC(=O)N1CCN(C(C)(C)C(=O)NCC(OCC)(OCC)c2ccc(Cl)cn2)CC1.CC.O=CNCC(F)(F)F. The number of pyridine rings is 1. The number of hydrogen-bond acceptors (Lipinski definition) is 8. The number of nitrogens with zero attached hydrogens (tertiary/aromatic N) is 3. The van der Waals surface area contributed by atoms with Crippen LogP contribution in [0.5, 0.6) is 0 Å². The van der Waals surface area contributed by atoms with E-state index in [4.69, 9.17) is 25.8 Å². The van der Waals surface area contributed by atoms with Crippen LogP contribution in [0.15, 0.2) is 31.0 Å². The van der Waals surface area contributed by atoms with Gasteiger partial charge in [-0.05, 0) is 39.8 Å². The molecule has 0 unspecified atom stereocenters. The molecule has 1 aromatic rings. The summed E-state index contributed by atoms with van der Waals surface area (Å²) in [6.07, 6.45) is -1.60. The molecule has 0 aromatic carbocycles. The lowest BCUT2D eigenvalue weighted by atomic mass is 9.99. The summed E-state index contributed by atoms with van der Waals surface area (Å²) < 4.78 is 50.1. The van der Waals surface area contributed by atoms with Crippen molar-refractivity contribution in [3.8, 4) is 0 Å². The third kappa shape index (κ3) is 13.9. The van der Waals surface area contributed by atoms with E-state index in [-0.39, 0.29) is 31.6 Å². The van der Waals surface area contributed by atoms with Crippen LogP contribution in [0.25, 0.3) is 0 Å². The Balaban J connectivity index is 0.00000152. The number of nitrogens with one attached hydrogen (secondary N) is 2. The van der Waals surface area contributed by atoms with Gasteiger partial charge in [0.15, 0.2) is 0 Å². The average molecular weight is 640 g/mol. The monoisotopic (exact) mass is 639 g/mol. The molecule has 11 nitrogen and oxygen atoms in total. The maximum absolute atomic E-state index is 13.2. The summed E-state index contributed by atoms with van der Waals surface area (Å²) in [5.74, 6) is -1.41. The number of aromatic nitrogens is 1. The topological polar surface area (TPSA) is 122 Å². The van der Waals surface area contributed by atoms with Crippen molar-refractivity contribution < 1.29 is 41.8 Å². The minimum absolute atomic E-state index is 0.00743. The zero-order chi connectivity index (χ0) is 33.1. The van der Waals surface area contributed by atoms with E-state index in [2.05, 4.69) is 16.9 Å². The molecule has 2 heterocycles. The number of carbonyl (C=O) groups excluding carboxylic acids is 3. The van der Waals surface area contributed by atoms with Crippen LogP contribution < -0.4 is 10.6 Å². The first-order valence-corrected chi connectivity index (χ1v) is 14.3. The molecule has 1 aromatic heterocycles. The Morgan fingerprint density at radius 1 is 1.07 bits per heavy atom. The predicted molar refractivity (Wildman–Crippen MR) is 157 cm³/mol. The number of hydrogen-bond donors (Lipinski definition) is 2. The average Bonchev–Trinajstić information content (AvgIpc) is 2.99. The quantitative estimate of drug-likeness (QED) is 0.188. The van der Waals surface area contributed by atoms with Gasteiger partial charge in [0.05, 0.1) is 17.1 Å². The van der Waals surface area contributed by atoms with Gasteiger partial charge < -0.3 is 29.7 Å². The molecule has 0 aliphatic carbocycles. The highest BCUT2D eigenvalue weighted by molar-refractivity contribution is 6.30. The number of amides is 3. The highest BCUT2D eigenvalue weighted by Crippen LogP contribution is 2.27. The molecule has 1 aliphatic heterocycles. The number of carbonyl (C=O) groups is 3. The van der Waals surface area contributed by atoms with Crippen LogP contribution in [-0.2, 0) is 29.6 Å². The number of piperazine rings is 1. The molecule has 1 fully saturated rings. The summed E-state index contributed by atoms with van der Waals surface area (Å²) in [5.41, 5.74) is -0.283. The highest BCUT2D eigenvalue weighted by Gasteiger charge is 2.41. The highest BCUT2D eigenvalue weighted by atomic mass is 35.5. The van der Waals surface area contributed by atoms with Crippen molar-refractivity contribution in [2.24, 2.45) is 0 Å². The Morgan fingerprint density at radius 3 is 2.07 bits per heavy atom. The van der Waals surface area contributed by atoms with Gasteiger partial charge in [0.2, 0.25) is 18.1 Å². The first-order valence-electron chi connectivity index (χ1n) is 14.0. The van der Waals surface area contributed by atoms with E-state index in [1.54, 1.807) is 17.0 Å². The molecular formula is C28H45ClF3N5O6. The van der Waals surface area contributed by atoms with E-state index >= 15 is 0 Å². The minimum Gasteiger partial charge on any atom is -0.445 e.